The summed E-state index contributed by atoms with van der Waals surface area (Å²) in [5, 5.41) is 1.85. The van der Waals surface area contributed by atoms with Gasteiger partial charge in [-0.3, -0.25) is 0 Å². The monoisotopic (exact) mass is 323 g/mol. The normalized spacial score (nSPS) is 42.5. The quantitative estimate of drug-likeness (QED) is 0.700. The lowest BCUT2D eigenvalue weighted by atomic mass is 9.62. The molecule has 0 unspecified atom stereocenters. The van der Waals surface area contributed by atoms with Gasteiger partial charge in [0.1, 0.15) is 0 Å². The molecule has 1 spiro atoms. The van der Waals surface area contributed by atoms with Gasteiger partial charge in [-0.2, -0.15) is 0 Å². The summed E-state index contributed by atoms with van der Waals surface area (Å²) >= 11 is 12.8. The Morgan fingerprint density at radius 1 is 0.905 bits per heavy atom. The number of allylic oxidation sites excluding steroid dienone is 6. The van der Waals surface area contributed by atoms with Crippen molar-refractivity contribution in [1.29, 1.82) is 0 Å². The molecule has 4 rings (SSSR count). The summed E-state index contributed by atoms with van der Waals surface area (Å²) in [6, 6.07) is 0.457. The Balaban J connectivity index is 1.46. The van der Waals surface area contributed by atoms with E-state index in [9.17, 15) is 0 Å². The first-order chi connectivity index (χ1) is 10.1. The van der Waals surface area contributed by atoms with E-state index < -0.39 is 0 Å². The van der Waals surface area contributed by atoms with E-state index in [1.54, 1.807) is 0 Å². The van der Waals surface area contributed by atoms with Gasteiger partial charge in [0.05, 0.1) is 0 Å². The van der Waals surface area contributed by atoms with Crippen LogP contribution in [-0.4, -0.2) is 6.04 Å². The zero-order valence-electron chi connectivity index (χ0n) is 12.4. The summed E-state index contributed by atoms with van der Waals surface area (Å²) in [7, 11) is 0. The predicted octanol–water partition coefficient (Wildman–Crippen LogP) is 5.25. The zero-order valence-corrected chi connectivity index (χ0v) is 13.9. The highest BCUT2D eigenvalue weighted by Crippen LogP contribution is 2.62. The Morgan fingerprint density at radius 3 is 2.10 bits per heavy atom. The van der Waals surface area contributed by atoms with E-state index in [4.69, 9.17) is 28.9 Å². The summed E-state index contributed by atoms with van der Waals surface area (Å²) < 4.78 is 0. The highest BCUT2D eigenvalue weighted by Gasteiger charge is 2.49. The van der Waals surface area contributed by atoms with Crippen LogP contribution in [0.2, 0.25) is 0 Å². The van der Waals surface area contributed by atoms with Crippen molar-refractivity contribution in [3.63, 3.8) is 0 Å². The highest BCUT2D eigenvalue weighted by atomic mass is 35.5. The lowest BCUT2D eigenvalue weighted by Gasteiger charge is -2.42. The molecular weight excluding hydrogens is 301 g/mol. The van der Waals surface area contributed by atoms with Gasteiger partial charge in [-0.25, -0.2) is 0 Å². The van der Waals surface area contributed by atoms with Crippen molar-refractivity contribution in [3.8, 4) is 0 Å². The van der Waals surface area contributed by atoms with Gasteiger partial charge in [0.25, 0.3) is 0 Å². The molecule has 0 aromatic rings. The molecule has 4 aliphatic rings. The first-order valence-corrected chi connectivity index (χ1v) is 9.11. The lowest BCUT2D eigenvalue weighted by Crippen LogP contribution is -2.34. The minimum atomic E-state index is 0.176. The van der Waals surface area contributed by atoms with Crippen molar-refractivity contribution < 1.29 is 0 Å². The smallest absolute Gasteiger partial charge is 0.0451 e. The van der Waals surface area contributed by atoms with Crippen LogP contribution < -0.4 is 5.73 Å². The van der Waals surface area contributed by atoms with Crippen LogP contribution in [0.25, 0.3) is 0 Å². The molecular formula is C18H23Cl2N. The van der Waals surface area contributed by atoms with Crippen LogP contribution in [0.3, 0.4) is 0 Å². The van der Waals surface area contributed by atoms with Crippen molar-refractivity contribution in [2.45, 2.75) is 57.4 Å². The number of nitrogens with two attached hydrogens (primary N) is 1. The predicted molar refractivity (Wildman–Crippen MR) is 89.2 cm³/mol. The van der Waals surface area contributed by atoms with Gasteiger partial charge >= 0.3 is 0 Å². The van der Waals surface area contributed by atoms with Gasteiger partial charge < -0.3 is 5.73 Å². The largest absolute Gasteiger partial charge is 0.328 e. The minimum Gasteiger partial charge on any atom is -0.328 e. The summed E-state index contributed by atoms with van der Waals surface area (Å²) in [6.45, 7) is 0. The van der Waals surface area contributed by atoms with Crippen LogP contribution in [0.1, 0.15) is 51.4 Å². The SMILES string of the molecule is NC1CCC(C2CCC3(CC2)C2=CC(Cl)=C3C=C2Cl)CC1. The fraction of sp³-hybridized carbons (Fsp3) is 0.667. The molecule has 0 radical (unpaired) electrons. The summed E-state index contributed by atoms with van der Waals surface area (Å²) in [4.78, 5) is 0. The molecule has 2 fully saturated rings. The van der Waals surface area contributed by atoms with Gasteiger partial charge in [-0.1, -0.05) is 23.2 Å². The number of hydrogen-bond acceptors (Lipinski definition) is 1. The zero-order chi connectivity index (χ0) is 14.6. The third-order valence-electron chi connectivity index (χ3n) is 6.45. The average Bonchev–Trinajstić information content (AvgIpc) is 2.89. The van der Waals surface area contributed by atoms with Gasteiger partial charge in [0.2, 0.25) is 0 Å². The van der Waals surface area contributed by atoms with Gasteiger partial charge in [0.15, 0.2) is 0 Å². The summed E-state index contributed by atoms with van der Waals surface area (Å²) in [6.07, 6.45) is 14.4. The molecule has 3 heteroatoms. The molecule has 2 bridgehead atoms. The summed E-state index contributed by atoms with van der Waals surface area (Å²) in [5.74, 6) is 1.80. The highest BCUT2D eigenvalue weighted by molar-refractivity contribution is 6.37. The number of rotatable bonds is 1. The van der Waals surface area contributed by atoms with Crippen LogP contribution >= 0.6 is 23.2 Å². The Labute approximate surface area is 137 Å². The first-order valence-electron chi connectivity index (χ1n) is 8.36. The molecule has 114 valence electrons. The second kappa shape index (κ2) is 5.15. The van der Waals surface area contributed by atoms with Crippen LogP contribution in [0.15, 0.2) is 33.4 Å². The van der Waals surface area contributed by atoms with E-state index in [1.165, 1.54) is 62.5 Å². The van der Waals surface area contributed by atoms with E-state index in [2.05, 4.69) is 12.2 Å². The van der Waals surface area contributed by atoms with Gasteiger partial charge in [-0.15, -0.1) is 0 Å². The lowest BCUT2D eigenvalue weighted by molar-refractivity contribution is 0.146. The maximum atomic E-state index is 6.38. The Kier molecular flexibility index (Phi) is 3.52. The van der Waals surface area contributed by atoms with Crippen LogP contribution in [-0.2, 0) is 0 Å². The van der Waals surface area contributed by atoms with Crippen molar-refractivity contribution in [3.05, 3.63) is 33.4 Å². The number of halogens is 2. The van der Waals surface area contributed by atoms with Crippen molar-refractivity contribution in [1.82, 2.24) is 0 Å². The molecule has 0 heterocycles. The van der Waals surface area contributed by atoms with Crippen LogP contribution in [0.4, 0.5) is 0 Å². The van der Waals surface area contributed by atoms with Crippen LogP contribution in [0.5, 0.6) is 0 Å². The molecule has 0 saturated heterocycles. The average molecular weight is 324 g/mol. The van der Waals surface area contributed by atoms with Crippen molar-refractivity contribution in [2.75, 3.05) is 0 Å². The molecule has 0 atom stereocenters. The second-order valence-corrected chi connectivity index (χ2v) is 8.22. The molecule has 2 N–H and O–H groups in total. The Bertz CT molecular complexity index is 542. The molecule has 21 heavy (non-hydrogen) atoms. The van der Waals surface area contributed by atoms with E-state index in [0.29, 0.717) is 6.04 Å². The molecule has 0 amide bonds. The third-order valence-corrected chi connectivity index (χ3v) is 7.08. The fourth-order valence-electron chi connectivity index (χ4n) is 5.18. The molecule has 1 nitrogen and oxygen atoms in total. The van der Waals surface area contributed by atoms with Crippen molar-refractivity contribution >= 4 is 23.2 Å². The van der Waals surface area contributed by atoms with Gasteiger partial charge in [-0.05, 0) is 86.5 Å². The molecule has 0 aliphatic heterocycles. The maximum absolute atomic E-state index is 6.38. The molecule has 0 aromatic heterocycles. The van der Waals surface area contributed by atoms with E-state index >= 15 is 0 Å². The van der Waals surface area contributed by atoms with Crippen molar-refractivity contribution in [2.24, 2.45) is 23.0 Å². The topological polar surface area (TPSA) is 26.0 Å². The summed E-state index contributed by atoms with van der Waals surface area (Å²) in [5.41, 5.74) is 8.82. The van der Waals surface area contributed by atoms with Crippen LogP contribution in [0, 0.1) is 17.3 Å². The van der Waals surface area contributed by atoms with Gasteiger partial charge in [0, 0.05) is 21.5 Å². The second-order valence-electron chi connectivity index (χ2n) is 7.41. The standard InChI is InChI=1S/C18H23Cl2N/c19-16-9-14-17(20)10-15(16)18(14)7-5-12(6-8-18)11-1-3-13(21)4-2-11/h9-13H,1-8,21H2. The Morgan fingerprint density at radius 2 is 1.52 bits per heavy atom. The molecule has 0 aromatic carbocycles. The Hall–Kier alpha value is -0.240. The number of hydrogen-bond donors (Lipinski definition) is 1. The maximum Gasteiger partial charge on any atom is 0.0451 e. The van der Waals surface area contributed by atoms with E-state index in [1.807, 2.05) is 0 Å². The van der Waals surface area contributed by atoms with E-state index in [-0.39, 0.29) is 5.41 Å². The molecule has 4 aliphatic carbocycles. The third kappa shape index (κ3) is 2.16. The minimum absolute atomic E-state index is 0.176. The first kappa shape index (κ1) is 14.4. The molecule has 2 saturated carbocycles. The fourth-order valence-corrected chi connectivity index (χ4v) is 5.87. The van der Waals surface area contributed by atoms with E-state index in [0.717, 1.165) is 21.9 Å².